The molecule has 1 heterocycles. The molecule has 0 spiro atoms. The molecule has 0 atom stereocenters. The first-order chi connectivity index (χ1) is 12.6. The van der Waals surface area contributed by atoms with E-state index in [4.69, 9.17) is 9.47 Å². The number of carbonyl (C=O) groups is 2. The lowest BCUT2D eigenvalue weighted by atomic mass is 10.1. The molecule has 136 valence electrons. The largest absolute Gasteiger partial charge is 0.486 e. The van der Waals surface area contributed by atoms with Crippen LogP contribution in [0, 0.1) is 5.82 Å². The summed E-state index contributed by atoms with van der Waals surface area (Å²) in [5.74, 6) is 0.719. The molecule has 3 rings (SSSR count). The van der Waals surface area contributed by atoms with Gasteiger partial charge in [0.15, 0.2) is 17.3 Å². The van der Waals surface area contributed by atoms with Crippen molar-refractivity contribution in [2.24, 2.45) is 0 Å². The molecule has 0 unspecified atom stereocenters. The van der Waals surface area contributed by atoms with E-state index in [1.807, 2.05) is 18.2 Å². The fraction of sp³-hybridized carbons (Fsp3) is 0.300. The zero-order valence-corrected chi connectivity index (χ0v) is 14.3. The van der Waals surface area contributed by atoms with Crippen LogP contribution in [0.5, 0.6) is 11.5 Å². The number of fused-ring (bicyclic) bond motifs is 1. The number of Topliss-reactive ketones (excluding diaryl/α,β-unsaturated/α-hetero) is 1. The molecular weight excluding hydrogens is 337 g/mol. The smallest absolute Gasteiger partial charge is 0.220 e. The van der Waals surface area contributed by atoms with E-state index < -0.39 is 5.82 Å². The van der Waals surface area contributed by atoms with E-state index in [1.165, 1.54) is 24.3 Å². The van der Waals surface area contributed by atoms with Gasteiger partial charge in [0.25, 0.3) is 0 Å². The van der Waals surface area contributed by atoms with Crippen LogP contribution in [0.15, 0.2) is 42.5 Å². The van der Waals surface area contributed by atoms with Gasteiger partial charge in [-0.15, -0.1) is 0 Å². The minimum atomic E-state index is -0.390. The van der Waals surface area contributed by atoms with E-state index in [0.29, 0.717) is 31.7 Å². The molecule has 26 heavy (non-hydrogen) atoms. The average Bonchev–Trinajstić information content (AvgIpc) is 2.66. The number of halogens is 1. The molecule has 0 radical (unpaired) electrons. The summed E-state index contributed by atoms with van der Waals surface area (Å²) in [5, 5.41) is 2.80. The minimum absolute atomic E-state index is 0.0987. The summed E-state index contributed by atoms with van der Waals surface area (Å²) in [4.78, 5) is 23.9. The van der Waals surface area contributed by atoms with Crippen LogP contribution in [0.25, 0.3) is 0 Å². The van der Waals surface area contributed by atoms with Crippen molar-refractivity contribution in [2.45, 2.75) is 19.3 Å². The highest BCUT2D eigenvalue weighted by atomic mass is 19.1. The van der Waals surface area contributed by atoms with Crippen LogP contribution in [0.3, 0.4) is 0 Å². The summed E-state index contributed by atoms with van der Waals surface area (Å²) < 4.78 is 23.9. The number of ketones is 1. The van der Waals surface area contributed by atoms with Gasteiger partial charge in [-0.2, -0.15) is 0 Å². The molecule has 6 heteroatoms. The lowest BCUT2D eigenvalue weighted by Crippen LogP contribution is -2.26. The van der Waals surface area contributed by atoms with Gasteiger partial charge in [-0.05, 0) is 48.4 Å². The zero-order valence-electron chi connectivity index (χ0n) is 14.3. The van der Waals surface area contributed by atoms with E-state index in [9.17, 15) is 14.0 Å². The fourth-order valence-electron chi connectivity index (χ4n) is 2.69. The Balaban J connectivity index is 1.40. The third-order valence-corrected chi connectivity index (χ3v) is 4.09. The van der Waals surface area contributed by atoms with E-state index >= 15 is 0 Å². The van der Waals surface area contributed by atoms with Crippen LogP contribution < -0.4 is 14.8 Å². The molecule has 0 fully saturated rings. The molecule has 5 nitrogen and oxygen atoms in total. The Kier molecular flexibility index (Phi) is 5.84. The Bertz CT molecular complexity index is 789. The fourth-order valence-corrected chi connectivity index (χ4v) is 2.69. The molecule has 1 aliphatic rings. The van der Waals surface area contributed by atoms with Gasteiger partial charge in [0, 0.05) is 24.9 Å². The third-order valence-electron chi connectivity index (χ3n) is 4.09. The monoisotopic (exact) mass is 357 g/mol. The van der Waals surface area contributed by atoms with Gasteiger partial charge in [0.2, 0.25) is 5.91 Å². The number of nitrogens with one attached hydrogen (secondary N) is 1. The third kappa shape index (κ3) is 4.81. The van der Waals surface area contributed by atoms with Gasteiger partial charge in [-0.3, -0.25) is 9.59 Å². The molecule has 1 aliphatic heterocycles. The molecule has 0 bridgehead atoms. The van der Waals surface area contributed by atoms with Crippen molar-refractivity contribution in [3.8, 4) is 11.5 Å². The molecule has 0 aromatic heterocycles. The van der Waals surface area contributed by atoms with Gasteiger partial charge < -0.3 is 14.8 Å². The number of benzene rings is 2. The van der Waals surface area contributed by atoms with Crippen LogP contribution in [-0.2, 0) is 11.2 Å². The van der Waals surface area contributed by atoms with Crippen molar-refractivity contribution in [1.82, 2.24) is 5.32 Å². The molecule has 2 aromatic rings. The first-order valence-corrected chi connectivity index (χ1v) is 8.56. The second-order valence-electron chi connectivity index (χ2n) is 6.01. The highest BCUT2D eigenvalue weighted by Gasteiger charge is 2.12. The summed E-state index contributed by atoms with van der Waals surface area (Å²) in [6, 6.07) is 11.1. The second kappa shape index (κ2) is 8.47. The predicted molar refractivity (Wildman–Crippen MR) is 94.1 cm³/mol. The van der Waals surface area contributed by atoms with Crippen LogP contribution >= 0.6 is 0 Å². The van der Waals surface area contributed by atoms with E-state index in [0.717, 1.165) is 17.1 Å². The van der Waals surface area contributed by atoms with Crippen molar-refractivity contribution in [2.75, 3.05) is 19.8 Å². The SMILES string of the molecule is O=C(CCC(=O)c1ccc(F)cc1)NCCc1ccc2c(c1)OCCO2. The van der Waals surface area contributed by atoms with Gasteiger partial charge in [-0.25, -0.2) is 4.39 Å². The number of amides is 1. The average molecular weight is 357 g/mol. The van der Waals surface area contributed by atoms with Gasteiger partial charge in [-0.1, -0.05) is 6.07 Å². The number of carbonyl (C=O) groups excluding carboxylic acids is 2. The number of ether oxygens (including phenoxy) is 2. The molecule has 0 saturated heterocycles. The standard InChI is InChI=1S/C20H20FNO4/c21-16-4-2-15(3-5-16)17(23)6-8-20(24)22-10-9-14-1-7-18-19(13-14)26-12-11-25-18/h1-5,7,13H,6,8-12H2,(H,22,24). The Morgan fingerprint density at radius 1 is 0.962 bits per heavy atom. The van der Waals surface area contributed by atoms with Gasteiger partial charge in [0.1, 0.15) is 19.0 Å². The first-order valence-electron chi connectivity index (χ1n) is 8.56. The van der Waals surface area contributed by atoms with E-state index in [1.54, 1.807) is 0 Å². The summed E-state index contributed by atoms with van der Waals surface area (Å²) in [5.41, 5.74) is 1.45. The zero-order chi connectivity index (χ0) is 18.4. The summed E-state index contributed by atoms with van der Waals surface area (Å²) in [6.07, 6.45) is 0.868. The maximum Gasteiger partial charge on any atom is 0.220 e. The number of hydrogen-bond donors (Lipinski definition) is 1. The Hall–Kier alpha value is -2.89. The summed E-state index contributed by atoms with van der Waals surface area (Å²) in [7, 11) is 0. The Labute approximate surface area is 151 Å². The first kappa shape index (κ1) is 17.9. The topological polar surface area (TPSA) is 64.6 Å². The molecule has 2 aromatic carbocycles. The lowest BCUT2D eigenvalue weighted by molar-refractivity contribution is -0.121. The second-order valence-corrected chi connectivity index (χ2v) is 6.01. The van der Waals surface area contributed by atoms with E-state index in [-0.39, 0.29) is 24.5 Å². The Morgan fingerprint density at radius 2 is 1.69 bits per heavy atom. The molecular formula is C20H20FNO4. The molecule has 0 aliphatic carbocycles. The number of hydrogen-bond acceptors (Lipinski definition) is 4. The van der Waals surface area contributed by atoms with Crippen LogP contribution in [0.2, 0.25) is 0 Å². The van der Waals surface area contributed by atoms with Gasteiger partial charge >= 0.3 is 0 Å². The maximum absolute atomic E-state index is 12.8. The normalized spacial score (nSPS) is 12.5. The van der Waals surface area contributed by atoms with Crippen molar-refractivity contribution < 1.29 is 23.5 Å². The quantitative estimate of drug-likeness (QED) is 0.774. The van der Waals surface area contributed by atoms with Crippen LogP contribution in [-0.4, -0.2) is 31.4 Å². The lowest BCUT2D eigenvalue weighted by Gasteiger charge is -2.18. The van der Waals surface area contributed by atoms with Crippen molar-refractivity contribution in [1.29, 1.82) is 0 Å². The van der Waals surface area contributed by atoms with Crippen molar-refractivity contribution >= 4 is 11.7 Å². The minimum Gasteiger partial charge on any atom is -0.486 e. The maximum atomic E-state index is 12.8. The van der Waals surface area contributed by atoms with Gasteiger partial charge in [0.05, 0.1) is 0 Å². The summed E-state index contributed by atoms with van der Waals surface area (Å²) >= 11 is 0. The Morgan fingerprint density at radius 3 is 2.46 bits per heavy atom. The van der Waals surface area contributed by atoms with Crippen molar-refractivity contribution in [3.05, 3.63) is 59.4 Å². The number of rotatable bonds is 7. The van der Waals surface area contributed by atoms with E-state index in [2.05, 4.69) is 5.32 Å². The molecule has 1 amide bonds. The highest BCUT2D eigenvalue weighted by molar-refractivity contribution is 5.97. The predicted octanol–water partition coefficient (Wildman–Crippen LogP) is 2.92. The molecule has 1 N–H and O–H groups in total. The molecule has 0 saturated carbocycles. The van der Waals surface area contributed by atoms with Crippen LogP contribution in [0.4, 0.5) is 4.39 Å². The van der Waals surface area contributed by atoms with Crippen LogP contribution in [0.1, 0.15) is 28.8 Å². The highest BCUT2D eigenvalue weighted by Crippen LogP contribution is 2.30. The summed E-state index contributed by atoms with van der Waals surface area (Å²) in [6.45, 7) is 1.57. The van der Waals surface area contributed by atoms with Crippen molar-refractivity contribution in [3.63, 3.8) is 0 Å².